The summed E-state index contributed by atoms with van der Waals surface area (Å²) >= 11 is 0. The van der Waals surface area contributed by atoms with Crippen molar-refractivity contribution in [2.75, 3.05) is 18.5 Å². The van der Waals surface area contributed by atoms with Gasteiger partial charge in [0.1, 0.15) is 0 Å². The van der Waals surface area contributed by atoms with E-state index in [1.807, 2.05) is 18.2 Å². The number of carbonyl (C=O) groups is 2. The number of benzene rings is 2. The number of nitrogens with one attached hydrogen (secondary N) is 2. The second-order valence-electron chi connectivity index (χ2n) is 8.78. The van der Waals surface area contributed by atoms with Gasteiger partial charge in [0.05, 0.1) is 30.4 Å². The molecular formula is C25H27F3N2O4. The van der Waals surface area contributed by atoms with E-state index in [1.165, 1.54) is 6.07 Å². The van der Waals surface area contributed by atoms with Crippen molar-refractivity contribution in [2.24, 2.45) is 0 Å². The Balaban J connectivity index is 1.21. The number of aliphatic hydroxyl groups excluding tert-OH is 1. The third-order valence-corrected chi connectivity index (χ3v) is 6.28. The molecule has 0 spiro atoms. The maximum absolute atomic E-state index is 12.8. The van der Waals surface area contributed by atoms with Crippen molar-refractivity contribution in [3.8, 4) is 0 Å². The average Bonchev–Trinajstić information content (AvgIpc) is 2.81. The average molecular weight is 476 g/mol. The topological polar surface area (TPSA) is 87.7 Å². The van der Waals surface area contributed by atoms with Gasteiger partial charge in [0.15, 0.2) is 0 Å². The molecule has 2 aromatic rings. The molecule has 1 fully saturated rings. The van der Waals surface area contributed by atoms with Crippen LogP contribution in [0.2, 0.25) is 0 Å². The molecule has 0 aliphatic carbocycles. The van der Waals surface area contributed by atoms with Gasteiger partial charge < -0.3 is 20.5 Å². The van der Waals surface area contributed by atoms with E-state index >= 15 is 0 Å². The van der Waals surface area contributed by atoms with E-state index < -0.39 is 29.5 Å². The van der Waals surface area contributed by atoms with Gasteiger partial charge >= 0.3 is 6.18 Å². The summed E-state index contributed by atoms with van der Waals surface area (Å²) in [5.74, 6) is -1.27. The molecule has 2 aromatic carbocycles. The summed E-state index contributed by atoms with van der Waals surface area (Å²) in [6.45, 7) is 0.379. The van der Waals surface area contributed by atoms with Gasteiger partial charge in [-0.25, -0.2) is 0 Å². The zero-order valence-electron chi connectivity index (χ0n) is 18.5. The number of anilines is 1. The Morgan fingerprint density at radius 1 is 1.12 bits per heavy atom. The Hall–Kier alpha value is -2.91. The molecule has 2 heterocycles. The van der Waals surface area contributed by atoms with Crippen LogP contribution in [-0.4, -0.2) is 42.1 Å². The molecule has 6 nitrogen and oxygen atoms in total. The summed E-state index contributed by atoms with van der Waals surface area (Å²) in [4.78, 5) is 24.2. The molecular weight excluding hydrogens is 449 g/mol. The van der Waals surface area contributed by atoms with Gasteiger partial charge in [-0.1, -0.05) is 30.3 Å². The summed E-state index contributed by atoms with van der Waals surface area (Å²) in [5.41, 5.74) is 2.72. The maximum atomic E-state index is 12.8. The van der Waals surface area contributed by atoms with Crippen molar-refractivity contribution in [1.82, 2.24) is 5.32 Å². The van der Waals surface area contributed by atoms with E-state index in [0.29, 0.717) is 31.4 Å². The molecule has 2 bridgehead atoms. The highest BCUT2D eigenvalue weighted by Gasteiger charge is 2.36. The van der Waals surface area contributed by atoms with Crippen molar-refractivity contribution < 1.29 is 32.6 Å². The Bertz CT molecular complexity index is 1060. The molecule has 0 aromatic heterocycles. The third-order valence-electron chi connectivity index (χ3n) is 6.28. The first-order valence-corrected chi connectivity index (χ1v) is 11.4. The van der Waals surface area contributed by atoms with E-state index in [4.69, 9.17) is 4.74 Å². The second-order valence-corrected chi connectivity index (χ2v) is 8.78. The number of halogens is 3. The largest absolute Gasteiger partial charge is 0.416 e. The van der Waals surface area contributed by atoms with Gasteiger partial charge in [-0.3, -0.25) is 9.59 Å². The number of aliphatic hydroxyl groups is 1. The zero-order chi connectivity index (χ0) is 24.3. The van der Waals surface area contributed by atoms with Gasteiger partial charge in [0.25, 0.3) is 5.91 Å². The predicted molar refractivity (Wildman–Crippen MR) is 119 cm³/mol. The van der Waals surface area contributed by atoms with Crippen LogP contribution in [0, 0.1) is 0 Å². The van der Waals surface area contributed by atoms with Gasteiger partial charge in [-0.15, -0.1) is 0 Å². The quantitative estimate of drug-likeness (QED) is 0.507. The van der Waals surface area contributed by atoms with Crippen molar-refractivity contribution >= 4 is 17.4 Å². The number of hydrogen-bond donors (Lipinski definition) is 3. The molecule has 4 rings (SSSR count). The maximum Gasteiger partial charge on any atom is 0.416 e. The SMILES string of the molecule is O=C(CCCc1ccc2c(c1)[C@@H]1C[C@H](N2)[C@H](O)CO1)C(=O)NCCc1cccc(C(F)(F)F)c1. The summed E-state index contributed by atoms with van der Waals surface area (Å²) < 4.78 is 44.1. The smallest absolute Gasteiger partial charge is 0.389 e. The first-order valence-electron chi connectivity index (χ1n) is 11.4. The number of fused-ring (bicyclic) bond motifs is 4. The van der Waals surface area contributed by atoms with Crippen molar-refractivity contribution in [3.63, 3.8) is 0 Å². The molecule has 182 valence electrons. The molecule has 1 amide bonds. The molecule has 34 heavy (non-hydrogen) atoms. The Labute approximate surface area is 195 Å². The zero-order valence-corrected chi connectivity index (χ0v) is 18.5. The van der Waals surface area contributed by atoms with Crippen molar-refractivity contribution in [3.05, 3.63) is 64.7 Å². The van der Waals surface area contributed by atoms with Crippen LogP contribution in [0.15, 0.2) is 42.5 Å². The van der Waals surface area contributed by atoms with E-state index in [0.717, 1.165) is 28.9 Å². The number of aryl methyl sites for hydroxylation is 1. The van der Waals surface area contributed by atoms with E-state index in [9.17, 15) is 27.9 Å². The molecule has 2 aliphatic rings. The Morgan fingerprint density at radius 2 is 1.91 bits per heavy atom. The minimum absolute atomic E-state index is 0.0122. The lowest BCUT2D eigenvalue weighted by Gasteiger charge is -2.40. The van der Waals surface area contributed by atoms with Gasteiger partial charge in [-0.05, 0) is 42.5 Å². The number of rotatable bonds is 8. The van der Waals surface area contributed by atoms with E-state index in [2.05, 4.69) is 10.6 Å². The minimum atomic E-state index is -4.42. The Morgan fingerprint density at radius 3 is 2.71 bits per heavy atom. The van der Waals surface area contributed by atoms with E-state index in [-0.39, 0.29) is 31.5 Å². The first-order chi connectivity index (χ1) is 16.2. The fourth-order valence-corrected chi connectivity index (χ4v) is 4.41. The predicted octanol–water partition coefficient (Wildman–Crippen LogP) is 3.57. The van der Waals surface area contributed by atoms with Crippen LogP contribution in [0.25, 0.3) is 0 Å². The molecule has 0 radical (unpaired) electrons. The Kier molecular flexibility index (Phi) is 7.23. The number of ether oxygens (including phenoxy) is 1. The number of amides is 1. The molecule has 0 saturated carbocycles. The van der Waals surface area contributed by atoms with Gasteiger partial charge in [0.2, 0.25) is 5.78 Å². The summed E-state index contributed by atoms with van der Waals surface area (Å²) in [6, 6.07) is 10.9. The lowest BCUT2D eigenvalue weighted by molar-refractivity contribution is -0.138. The number of carbonyl (C=O) groups excluding carboxylic acids is 2. The summed E-state index contributed by atoms with van der Waals surface area (Å²) in [6.07, 6.45) is -2.89. The van der Waals surface area contributed by atoms with Crippen LogP contribution < -0.4 is 10.6 Å². The molecule has 1 saturated heterocycles. The van der Waals surface area contributed by atoms with Crippen LogP contribution in [0.4, 0.5) is 18.9 Å². The lowest BCUT2D eigenvalue weighted by Crippen LogP contribution is -2.45. The van der Waals surface area contributed by atoms with Crippen LogP contribution >= 0.6 is 0 Å². The fourth-order valence-electron chi connectivity index (χ4n) is 4.41. The monoisotopic (exact) mass is 476 g/mol. The van der Waals surface area contributed by atoms with Gasteiger partial charge in [0, 0.05) is 30.6 Å². The highest BCUT2D eigenvalue weighted by atomic mass is 19.4. The van der Waals surface area contributed by atoms with Crippen molar-refractivity contribution in [1.29, 1.82) is 0 Å². The minimum Gasteiger partial charge on any atom is -0.389 e. The van der Waals surface area contributed by atoms with Crippen LogP contribution in [-0.2, 0) is 33.3 Å². The number of alkyl halides is 3. The summed E-state index contributed by atoms with van der Waals surface area (Å²) in [5, 5.41) is 15.8. The number of ketones is 1. The van der Waals surface area contributed by atoms with Crippen molar-refractivity contribution in [2.45, 2.75) is 56.5 Å². The second kappa shape index (κ2) is 10.1. The van der Waals surface area contributed by atoms with Crippen LogP contribution in [0.5, 0.6) is 0 Å². The third kappa shape index (κ3) is 5.77. The highest BCUT2D eigenvalue weighted by Crippen LogP contribution is 2.39. The number of Topliss-reactive ketones (excluding diaryl/α,β-unsaturated/α-hetero) is 1. The van der Waals surface area contributed by atoms with Crippen LogP contribution in [0.3, 0.4) is 0 Å². The first kappa shape index (κ1) is 24.2. The standard InChI is InChI=1S/C25H27F3N2O4/c26-25(27,28)17-5-1-3-16(11-17)9-10-29-24(33)21(31)6-2-4-15-7-8-19-18(12-15)23-13-20(30-19)22(32)14-34-23/h1,3,5,7-8,11-12,20,22-23,30,32H,2,4,6,9-10,13-14H2,(H,29,33)/t20-,22+,23-/m0/s1. The molecule has 9 heteroatoms. The summed E-state index contributed by atoms with van der Waals surface area (Å²) in [7, 11) is 0. The molecule has 0 unspecified atom stereocenters. The van der Waals surface area contributed by atoms with Gasteiger partial charge in [-0.2, -0.15) is 13.2 Å². The normalized spacial score (nSPS) is 21.4. The molecule has 3 atom stereocenters. The lowest BCUT2D eigenvalue weighted by atomic mass is 9.88. The molecule has 3 N–H and O–H groups in total. The van der Waals surface area contributed by atoms with Crippen LogP contribution in [0.1, 0.15) is 47.6 Å². The molecule has 2 aliphatic heterocycles. The van der Waals surface area contributed by atoms with E-state index in [1.54, 1.807) is 6.07 Å². The highest BCUT2D eigenvalue weighted by molar-refractivity contribution is 6.36. The fraction of sp³-hybridized carbons (Fsp3) is 0.440. The number of hydrogen-bond acceptors (Lipinski definition) is 5.